The molecule has 101 heavy (non-hydrogen) atoms. The summed E-state index contributed by atoms with van der Waals surface area (Å²) in [5.74, 6) is -10.9. The van der Waals surface area contributed by atoms with Gasteiger partial charge in [0.1, 0.15) is 54.4 Å². The highest BCUT2D eigenvalue weighted by atomic mass is 32.2. The molecule has 32 heteroatoms. The van der Waals surface area contributed by atoms with Crippen LogP contribution in [0.15, 0.2) is 96.0 Å². The minimum absolute atomic E-state index is 0.0666. The van der Waals surface area contributed by atoms with Gasteiger partial charge in [-0.2, -0.15) is 11.8 Å². The first kappa shape index (κ1) is 82.0. The van der Waals surface area contributed by atoms with Gasteiger partial charge in [-0.25, -0.2) is 0 Å². The fourth-order valence-electron chi connectivity index (χ4n) is 12.1. The zero-order valence-electron chi connectivity index (χ0n) is 57.7. The second-order valence-corrected chi connectivity index (χ2v) is 26.6. The number of carbonyl (C=O) groups is 13. The Labute approximate surface area is 593 Å². The van der Waals surface area contributed by atoms with Crippen LogP contribution >= 0.6 is 11.8 Å². The first-order chi connectivity index (χ1) is 48.2. The molecule has 3 aromatic carbocycles. The summed E-state index contributed by atoms with van der Waals surface area (Å²) in [6.07, 6.45) is 3.08. The van der Waals surface area contributed by atoms with Crippen LogP contribution in [0.3, 0.4) is 0 Å². The van der Waals surface area contributed by atoms with Gasteiger partial charge in [-0.15, -0.1) is 0 Å². The minimum Gasteiger partial charge on any atom is -0.370 e. The van der Waals surface area contributed by atoms with E-state index in [1.165, 1.54) is 21.6 Å². The third kappa shape index (κ3) is 27.1. The zero-order valence-corrected chi connectivity index (χ0v) is 58.6. The van der Waals surface area contributed by atoms with E-state index in [4.69, 9.17) is 40.1 Å². The molecule has 5 rings (SSSR count). The first-order valence-electron chi connectivity index (χ1n) is 34.2. The number of amides is 13. The molecule has 0 bridgehead atoms. The van der Waals surface area contributed by atoms with E-state index in [1.807, 2.05) is 20.1 Å². The maximum Gasteiger partial charge on any atom is 0.245 e. The number of rotatable bonds is 43. The third-order valence-corrected chi connectivity index (χ3v) is 18.0. The molecule has 552 valence electrons. The summed E-state index contributed by atoms with van der Waals surface area (Å²) in [4.78, 5) is 188. The van der Waals surface area contributed by atoms with Crippen molar-refractivity contribution in [2.24, 2.45) is 51.0 Å². The smallest absolute Gasteiger partial charge is 0.245 e. The van der Waals surface area contributed by atoms with Crippen LogP contribution in [0, 0.1) is 5.92 Å². The second kappa shape index (κ2) is 42.4. The molecule has 2 saturated heterocycles. The number of aliphatic imine (C=N–C) groups is 1. The van der Waals surface area contributed by atoms with E-state index in [-0.39, 0.29) is 76.6 Å². The molecule has 2 heterocycles. The Balaban J connectivity index is 1.41. The molecule has 31 nitrogen and oxygen atoms in total. The van der Waals surface area contributed by atoms with Gasteiger partial charge >= 0.3 is 0 Å². The van der Waals surface area contributed by atoms with E-state index < -0.39 is 175 Å². The highest BCUT2D eigenvalue weighted by Crippen LogP contribution is 2.29. The van der Waals surface area contributed by atoms with E-state index >= 15 is 4.79 Å². The molecule has 0 unspecified atom stereocenters. The van der Waals surface area contributed by atoms with Crippen LogP contribution in [0.25, 0.3) is 0 Å². The predicted molar refractivity (Wildman–Crippen MR) is 380 cm³/mol. The van der Waals surface area contributed by atoms with Crippen molar-refractivity contribution in [1.29, 1.82) is 0 Å². The van der Waals surface area contributed by atoms with Crippen LogP contribution in [0.4, 0.5) is 0 Å². The molecule has 0 aliphatic carbocycles. The number of nitrogens with zero attached hydrogens (tertiary/aromatic N) is 3. The molecule has 10 atom stereocenters. The van der Waals surface area contributed by atoms with E-state index in [0.29, 0.717) is 61.0 Å². The number of hydrogen-bond acceptors (Lipinski definition) is 17. The number of hydrogen-bond donors (Lipinski definition) is 15. The zero-order chi connectivity index (χ0) is 74.1. The molecule has 2 fully saturated rings. The van der Waals surface area contributed by atoms with Crippen molar-refractivity contribution in [2.45, 2.75) is 183 Å². The lowest BCUT2D eigenvalue weighted by atomic mass is 9.84. The van der Waals surface area contributed by atoms with Crippen LogP contribution < -0.4 is 82.7 Å². The average Bonchev–Trinajstić information content (AvgIpc) is 1.80. The normalized spacial score (nSPS) is 16.5. The Morgan fingerprint density at radius 3 is 1.54 bits per heavy atom. The summed E-state index contributed by atoms with van der Waals surface area (Å²) in [5.41, 5.74) is 41.4. The lowest BCUT2D eigenvalue weighted by molar-refractivity contribution is -0.144. The lowest BCUT2D eigenvalue weighted by Crippen LogP contribution is -2.60. The van der Waals surface area contributed by atoms with Crippen molar-refractivity contribution in [3.05, 3.63) is 108 Å². The van der Waals surface area contributed by atoms with Crippen LogP contribution in [0.5, 0.6) is 0 Å². The van der Waals surface area contributed by atoms with Gasteiger partial charge in [-0.3, -0.25) is 67.3 Å². The van der Waals surface area contributed by atoms with Crippen LogP contribution in [-0.2, 0) is 68.7 Å². The molecule has 3 aromatic rings. The summed E-state index contributed by atoms with van der Waals surface area (Å²) >= 11 is 1.45. The van der Waals surface area contributed by atoms with Crippen LogP contribution in [0.2, 0.25) is 0 Å². The molecular formula is C69H102N18O13S. The number of benzene rings is 3. The number of primary amides is 3. The van der Waals surface area contributed by atoms with Crippen molar-refractivity contribution < 1.29 is 62.3 Å². The van der Waals surface area contributed by atoms with Gasteiger partial charge in [0, 0.05) is 44.8 Å². The summed E-state index contributed by atoms with van der Waals surface area (Å²) in [6.45, 7) is 3.81. The quantitative estimate of drug-likeness (QED) is 0.0164. The van der Waals surface area contributed by atoms with E-state index in [2.05, 4.69) is 47.5 Å². The molecule has 0 radical (unpaired) electrons. The second-order valence-electron chi connectivity index (χ2n) is 25.7. The summed E-state index contributed by atoms with van der Waals surface area (Å²) in [7, 11) is 0. The lowest BCUT2D eigenvalue weighted by Gasteiger charge is -2.32. The molecule has 2 aliphatic heterocycles. The van der Waals surface area contributed by atoms with Gasteiger partial charge in [0.2, 0.25) is 76.8 Å². The fraction of sp³-hybridized carbons (Fsp3) is 0.536. The van der Waals surface area contributed by atoms with E-state index in [1.54, 1.807) is 91.0 Å². The summed E-state index contributed by atoms with van der Waals surface area (Å²) < 4.78 is 0. The van der Waals surface area contributed by atoms with Gasteiger partial charge < -0.3 is 92.5 Å². The molecule has 13 amide bonds. The van der Waals surface area contributed by atoms with Crippen molar-refractivity contribution in [2.75, 3.05) is 44.7 Å². The molecule has 2 aliphatic rings. The highest BCUT2D eigenvalue weighted by molar-refractivity contribution is 7.98. The van der Waals surface area contributed by atoms with Gasteiger partial charge in [-0.05, 0) is 125 Å². The molecule has 0 aromatic heterocycles. The number of nitrogens with two attached hydrogens (primary N) is 7. The Bertz CT molecular complexity index is 3270. The molecular weight excluding hydrogens is 1320 g/mol. The van der Waals surface area contributed by atoms with Crippen molar-refractivity contribution in [1.82, 2.24) is 52.3 Å². The Hall–Kier alpha value is -9.69. The van der Waals surface area contributed by atoms with Crippen molar-refractivity contribution in [3.8, 4) is 0 Å². The largest absolute Gasteiger partial charge is 0.370 e. The number of likely N-dealkylation sites (tertiary alicyclic amines) is 2. The van der Waals surface area contributed by atoms with Crippen molar-refractivity contribution in [3.63, 3.8) is 0 Å². The van der Waals surface area contributed by atoms with Gasteiger partial charge in [0.25, 0.3) is 0 Å². The van der Waals surface area contributed by atoms with Gasteiger partial charge in [0.05, 0.1) is 12.6 Å². The number of guanidine groups is 1. The summed E-state index contributed by atoms with van der Waals surface area (Å²) in [6, 6.07) is 13.0. The fourth-order valence-corrected chi connectivity index (χ4v) is 12.6. The van der Waals surface area contributed by atoms with Crippen LogP contribution in [-0.4, -0.2) is 198 Å². The highest BCUT2D eigenvalue weighted by Gasteiger charge is 2.43. The number of carbonyl (C=O) groups excluding carboxylic acids is 13. The minimum atomic E-state index is -1.67. The Morgan fingerprint density at radius 1 is 0.535 bits per heavy atom. The monoisotopic (exact) mass is 1420 g/mol. The molecule has 0 saturated carbocycles. The van der Waals surface area contributed by atoms with E-state index in [0.717, 1.165) is 0 Å². The number of unbranched alkanes of at least 4 members (excludes halogenated alkanes) is 1. The maximum atomic E-state index is 15.3. The first-order valence-corrected chi connectivity index (χ1v) is 35.6. The topological polar surface area (TPSA) is 519 Å². The SMILES string of the molecule is CSCC[C@H](NC(=O)[C@H](CC(C)C)NC(=O)CNC(=O)[C@@H](NC(=O)[C@H](Cc1ccccc1)NC(=O)[C@H](CCC(N)=O)NC(=O)[C@H](CCC(N)=O)NC(=O)[C@H]1CCCN1C(=O)[C@H](CCCCN)NC(=O)[C@@H]1CCCN1C(=O)[C@@H](N)CCCN=C(N)N)C(c1ccccc1)c1ccccc1)C(N)=O. The van der Waals surface area contributed by atoms with Crippen LogP contribution in [0.1, 0.15) is 133 Å². The Kier molecular flexibility index (Phi) is 34.4. The summed E-state index contributed by atoms with van der Waals surface area (Å²) in [5, 5.41) is 21.5. The standard InChI is InChI=1S/C69H102N18O13S/c1-41(2)38-50(62(94)80-46(59(74)91)32-37-101-3)79-56(90)40-78-66(98)58(57(43-20-9-5-10-21-43)44-22-11-6-12-23-44)85-63(95)51(39-42-18-7-4-8-19-42)84-61(93)47(28-30-54(72)88)81-60(92)48(29-31-55(73)89)82-64(96)53-27-17-36-87(53)68(100)49(25-13-14-33-70)83-65(97)52-26-16-35-86(52)67(99)45(71)24-15-34-77-69(75)76/h4-12,18-23,41,45-53,57-58H,13-17,24-40,70-71H2,1-3H3,(H2,72,88)(H2,73,89)(H2,74,91)(H,78,98)(H,79,90)(H,80,94)(H,81,92)(H,82,96)(H,83,97)(H,84,93)(H,85,95)(H4,75,76,77)/t45-,46-,47-,48-,49-,50-,51-,52-,53+,58-/m0/s1. The maximum absolute atomic E-state index is 15.3. The van der Waals surface area contributed by atoms with Crippen molar-refractivity contribution >= 4 is 94.5 Å². The van der Waals surface area contributed by atoms with Gasteiger partial charge in [0.15, 0.2) is 5.96 Å². The molecule has 22 N–H and O–H groups in total. The van der Waals surface area contributed by atoms with E-state index in [9.17, 15) is 57.5 Å². The third-order valence-electron chi connectivity index (χ3n) is 17.3. The van der Waals surface area contributed by atoms with Gasteiger partial charge in [-0.1, -0.05) is 105 Å². The predicted octanol–water partition coefficient (Wildman–Crippen LogP) is -2.12. The number of nitrogens with one attached hydrogen (secondary N) is 8. The molecule has 0 spiro atoms. The Morgan fingerprint density at radius 2 is 1.03 bits per heavy atom. The average molecular weight is 1420 g/mol. The number of thioether (sulfide) groups is 1.